The number of anilines is 1. The third-order valence-corrected chi connectivity index (χ3v) is 6.39. The van der Waals surface area contributed by atoms with Gasteiger partial charge in [0.05, 0.1) is 10.9 Å². The highest BCUT2D eigenvalue weighted by atomic mass is 79.9. The van der Waals surface area contributed by atoms with Gasteiger partial charge in [-0.3, -0.25) is 9.08 Å². The molecule has 1 heterocycles. The van der Waals surface area contributed by atoms with Crippen molar-refractivity contribution in [1.82, 2.24) is 0 Å². The Bertz CT molecular complexity index is 887. The predicted molar refractivity (Wildman–Crippen MR) is 101 cm³/mol. The predicted octanol–water partition coefficient (Wildman–Crippen LogP) is 4.22. The average molecular weight is 440 g/mol. The Hall–Kier alpha value is -1.90. The molecule has 0 aliphatic carbocycles. The van der Waals surface area contributed by atoms with Crippen LogP contribution in [0.3, 0.4) is 0 Å². The van der Waals surface area contributed by atoms with Crippen LogP contribution in [0.1, 0.15) is 24.9 Å². The number of nitrogens with zero attached hydrogens (tertiary/aromatic N) is 1. The van der Waals surface area contributed by atoms with E-state index in [1.165, 1.54) is 17.0 Å². The van der Waals surface area contributed by atoms with Gasteiger partial charge in [0.25, 0.3) is 10.1 Å². The Morgan fingerprint density at radius 1 is 1.23 bits per heavy atom. The Kier molecular flexibility index (Phi) is 5.64. The standard InChI is InChI=1S/C18H18BrNO5S/c1-2-17(19)25-26(22,23)15-10-6-9-14(11-15)20-16(12-24-18(20)21)13-7-4-3-5-8-13/h3-11,16-17H,2,12H2,1H3. The number of amides is 1. The summed E-state index contributed by atoms with van der Waals surface area (Å²) in [5, 5.41) is -0.607. The van der Waals surface area contributed by atoms with Crippen molar-refractivity contribution < 1.29 is 22.1 Å². The quantitative estimate of drug-likeness (QED) is 0.497. The minimum absolute atomic E-state index is 0.0144. The number of rotatable bonds is 6. The Morgan fingerprint density at radius 2 is 1.96 bits per heavy atom. The maximum Gasteiger partial charge on any atom is 0.415 e. The van der Waals surface area contributed by atoms with Crippen molar-refractivity contribution in [3.05, 3.63) is 60.2 Å². The van der Waals surface area contributed by atoms with Crippen LogP contribution in [0.15, 0.2) is 59.5 Å². The van der Waals surface area contributed by atoms with E-state index in [-0.39, 0.29) is 17.5 Å². The van der Waals surface area contributed by atoms with Gasteiger partial charge in [-0.2, -0.15) is 8.42 Å². The zero-order chi connectivity index (χ0) is 18.7. The average Bonchev–Trinajstić information content (AvgIpc) is 3.03. The second-order valence-electron chi connectivity index (χ2n) is 5.74. The normalized spacial score (nSPS) is 18.6. The first kappa shape index (κ1) is 18.9. The van der Waals surface area contributed by atoms with E-state index < -0.39 is 21.2 Å². The van der Waals surface area contributed by atoms with Gasteiger partial charge < -0.3 is 4.74 Å². The van der Waals surface area contributed by atoms with Crippen LogP contribution >= 0.6 is 15.9 Å². The van der Waals surface area contributed by atoms with Crippen molar-refractivity contribution >= 4 is 37.8 Å². The molecule has 8 heteroatoms. The Morgan fingerprint density at radius 3 is 2.65 bits per heavy atom. The number of cyclic esters (lactones) is 1. The maximum absolute atomic E-state index is 12.4. The molecule has 1 fully saturated rings. The maximum atomic E-state index is 12.4. The molecule has 3 rings (SSSR count). The van der Waals surface area contributed by atoms with Crippen LogP contribution in [0.4, 0.5) is 10.5 Å². The van der Waals surface area contributed by atoms with E-state index in [9.17, 15) is 13.2 Å². The summed E-state index contributed by atoms with van der Waals surface area (Å²) in [6.45, 7) is 2.01. The van der Waals surface area contributed by atoms with Gasteiger partial charge in [-0.1, -0.05) is 59.3 Å². The summed E-state index contributed by atoms with van der Waals surface area (Å²) in [6, 6.07) is 15.3. The van der Waals surface area contributed by atoms with Crippen LogP contribution in [0.25, 0.3) is 0 Å². The lowest BCUT2D eigenvalue weighted by molar-refractivity contribution is 0.179. The third kappa shape index (κ3) is 3.92. The number of alkyl halides is 1. The fraction of sp³-hybridized carbons (Fsp3) is 0.278. The molecule has 1 saturated heterocycles. The Labute approximate surface area is 161 Å². The monoisotopic (exact) mass is 439 g/mol. The van der Waals surface area contributed by atoms with E-state index in [0.717, 1.165) is 5.56 Å². The molecule has 2 unspecified atom stereocenters. The highest BCUT2D eigenvalue weighted by molar-refractivity contribution is 9.09. The number of halogens is 1. The molecule has 2 atom stereocenters. The van der Waals surface area contributed by atoms with Crippen LogP contribution in [-0.4, -0.2) is 26.1 Å². The van der Waals surface area contributed by atoms with Gasteiger partial charge in [0, 0.05) is 5.69 Å². The van der Waals surface area contributed by atoms with Crippen LogP contribution in [-0.2, 0) is 19.0 Å². The molecule has 138 valence electrons. The summed E-state index contributed by atoms with van der Waals surface area (Å²) in [5.74, 6) is 0. The van der Waals surface area contributed by atoms with Crippen LogP contribution in [0, 0.1) is 0 Å². The van der Waals surface area contributed by atoms with E-state index in [1.54, 1.807) is 19.1 Å². The lowest BCUT2D eigenvalue weighted by Crippen LogP contribution is -2.27. The van der Waals surface area contributed by atoms with Crippen molar-refractivity contribution in [2.45, 2.75) is 29.3 Å². The van der Waals surface area contributed by atoms with Gasteiger partial charge in [-0.25, -0.2) is 4.79 Å². The summed E-state index contributed by atoms with van der Waals surface area (Å²) in [4.78, 5) is 13.7. The number of carbonyl (C=O) groups excluding carboxylic acids is 1. The van der Waals surface area contributed by atoms with E-state index in [4.69, 9.17) is 8.92 Å². The minimum atomic E-state index is -3.95. The van der Waals surface area contributed by atoms with E-state index in [1.807, 2.05) is 30.3 Å². The lowest BCUT2D eigenvalue weighted by atomic mass is 10.1. The van der Waals surface area contributed by atoms with Crippen LogP contribution in [0.5, 0.6) is 0 Å². The van der Waals surface area contributed by atoms with Gasteiger partial charge in [-0.15, -0.1) is 0 Å². The summed E-state index contributed by atoms with van der Waals surface area (Å²) in [5.41, 5.74) is 1.35. The first-order valence-electron chi connectivity index (χ1n) is 8.10. The Balaban J connectivity index is 1.95. The van der Waals surface area contributed by atoms with Gasteiger partial charge in [0.2, 0.25) is 0 Å². The van der Waals surface area contributed by atoms with Gasteiger partial charge in [0.15, 0.2) is 0 Å². The summed E-state index contributed by atoms with van der Waals surface area (Å²) < 4.78 is 35.1. The summed E-state index contributed by atoms with van der Waals surface area (Å²) >= 11 is 3.16. The second kappa shape index (κ2) is 7.77. The van der Waals surface area contributed by atoms with E-state index in [2.05, 4.69) is 15.9 Å². The summed E-state index contributed by atoms with van der Waals surface area (Å²) in [6.07, 6.45) is -0.0192. The molecule has 0 spiro atoms. The number of benzene rings is 2. The van der Waals surface area contributed by atoms with Gasteiger partial charge >= 0.3 is 6.09 Å². The van der Waals surface area contributed by atoms with E-state index in [0.29, 0.717) is 12.1 Å². The fourth-order valence-corrected chi connectivity index (χ4v) is 4.31. The first-order valence-corrected chi connectivity index (χ1v) is 10.4. The SMILES string of the molecule is CCC(Br)OS(=O)(=O)c1cccc(N2C(=O)OCC2c2ccccc2)c1. The molecule has 2 aromatic carbocycles. The highest BCUT2D eigenvalue weighted by Gasteiger charge is 2.35. The van der Waals surface area contributed by atoms with Crippen LogP contribution < -0.4 is 4.90 Å². The molecule has 2 aromatic rings. The molecule has 6 nitrogen and oxygen atoms in total. The number of ether oxygens (including phenoxy) is 1. The van der Waals surface area contributed by atoms with Crippen molar-refractivity contribution in [1.29, 1.82) is 0 Å². The minimum Gasteiger partial charge on any atom is -0.447 e. The molecular formula is C18H18BrNO5S. The zero-order valence-electron chi connectivity index (χ0n) is 14.0. The highest BCUT2D eigenvalue weighted by Crippen LogP contribution is 2.34. The van der Waals surface area contributed by atoms with Crippen molar-refractivity contribution in [2.75, 3.05) is 11.5 Å². The third-order valence-electron chi connectivity index (χ3n) is 3.99. The first-order chi connectivity index (χ1) is 12.4. The molecule has 0 aromatic heterocycles. The van der Waals surface area contributed by atoms with Crippen molar-refractivity contribution in [3.63, 3.8) is 0 Å². The summed E-state index contributed by atoms with van der Waals surface area (Å²) in [7, 11) is -3.95. The number of hydrogen-bond acceptors (Lipinski definition) is 5. The van der Waals surface area contributed by atoms with Crippen molar-refractivity contribution in [2.24, 2.45) is 0 Å². The van der Waals surface area contributed by atoms with Gasteiger partial charge in [0.1, 0.15) is 11.6 Å². The van der Waals surface area contributed by atoms with Gasteiger partial charge in [-0.05, 0) is 30.2 Å². The molecule has 0 radical (unpaired) electrons. The molecule has 26 heavy (non-hydrogen) atoms. The fourth-order valence-electron chi connectivity index (χ4n) is 2.68. The second-order valence-corrected chi connectivity index (χ2v) is 8.33. The molecule has 1 aliphatic rings. The van der Waals surface area contributed by atoms with E-state index >= 15 is 0 Å². The largest absolute Gasteiger partial charge is 0.447 e. The van der Waals surface area contributed by atoms with Crippen molar-refractivity contribution in [3.8, 4) is 0 Å². The zero-order valence-corrected chi connectivity index (χ0v) is 16.4. The molecule has 0 saturated carbocycles. The lowest BCUT2D eigenvalue weighted by Gasteiger charge is -2.22. The molecule has 0 N–H and O–H groups in total. The smallest absolute Gasteiger partial charge is 0.415 e. The topological polar surface area (TPSA) is 72.9 Å². The van der Waals surface area contributed by atoms with Crippen LogP contribution in [0.2, 0.25) is 0 Å². The number of carbonyl (C=O) groups is 1. The number of hydrogen-bond donors (Lipinski definition) is 0. The molecule has 1 amide bonds. The molecular weight excluding hydrogens is 422 g/mol. The molecule has 0 bridgehead atoms. The molecule has 1 aliphatic heterocycles.